The maximum absolute atomic E-state index is 10.0. The molecule has 1 heterocycles. The maximum Gasteiger partial charge on any atom is 0.232 e. The zero-order valence-electron chi connectivity index (χ0n) is 9.38. The van der Waals surface area contributed by atoms with Crippen LogP contribution < -0.4 is 5.73 Å². The third-order valence-corrected chi connectivity index (χ3v) is 2.49. The van der Waals surface area contributed by atoms with Crippen LogP contribution in [0.4, 0.5) is 5.69 Å². The van der Waals surface area contributed by atoms with Crippen LogP contribution in [0.1, 0.15) is 6.92 Å². The Morgan fingerprint density at radius 2 is 2.18 bits per heavy atom. The highest BCUT2D eigenvalue weighted by atomic mass is 16.3. The Hall–Kier alpha value is -2.37. The molecule has 0 aliphatic rings. The van der Waals surface area contributed by atoms with Crippen molar-refractivity contribution in [3.05, 3.63) is 24.3 Å². The standard InChI is InChI=1S/C11H13N5O/c1-2-16-8-6-4-3-5-7(8)9(10(16)17)14-15-11(12)13/h3-6,17H,2H2,1H3,(H3,12,13). The van der Waals surface area contributed by atoms with Crippen molar-refractivity contribution >= 4 is 22.5 Å². The van der Waals surface area contributed by atoms with Gasteiger partial charge in [0.15, 0.2) is 5.69 Å². The number of hydrogen-bond acceptors (Lipinski definition) is 3. The average molecular weight is 231 g/mol. The van der Waals surface area contributed by atoms with Crippen LogP contribution in [0.5, 0.6) is 5.88 Å². The molecule has 17 heavy (non-hydrogen) atoms. The Morgan fingerprint density at radius 3 is 2.82 bits per heavy atom. The molecule has 0 amide bonds. The molecule has 6 heteroatoms. The largest absolute Gasteiger partial charge is 0.493 e. The van der Waals surface area contributed by atoms with E-state index in [0.29, 0.717) is 12.2 Å². The van der Waals surface area contributed by atoms with Crippen molar-refractivity contribution in [1.82, 2.24) is 4.57 Å². The Morgan fingerprint density at radius 1 is 1.47 bits per heavy atom. The Bertz CT molecular complexity index is 599. The van der Waals surface area contributed by atoms with E-state index < -0.39 is 5.96 Å². The van der Waals surface area contributed by atoms with Gasteiger partial charge in [-0.05, 0) is 13.0 Å². The van der Waals surface area contributed by atoms with E-state index in [-0.39, 0.29) is 5.88 Å². The van der Waals surface area contributed by atoms with Gasteiger partial charge in [0.2, 0.25) is 11.8 Å². The normalized spacial score (nSPS) is 11.4. The Labute approximate surface area is 97.9 Å². The Balaban J connectivity index is 2.70. The number of aromatic nitrogens is 1. The number of rotatable bonds is 2. The molecule has 4 N–H and O–H groups in total. The number of guanidine groups is 1. The molecule has 0 atom stereocenters. The van der Waals surface area contributed by atoms with E-state index in [1.165, 1.54) is 0 Å². The topological polar surface area (TPSA) is 99.7 Å². The lowest BCUT2D eigenvalue weighted by molar-refractivity contribution is 0.427. The van der Waals surface area contributed by atoms with Gasteiger partial charge in [0.05, 0.1) is 5.52 Å². The highest BCUT2D eigenvalue weighted by molar-refractivity contribution is 5.95. The van der Waals surface area contributed by atoms with Crippen LogP contribution in [0.15, 0.2) is 34.5 Å². The van der Waals surface area contributed by atoms with Gasteiger partial charge in [-0.25, -0.2) is 0 Å². The summed E-state index contributed by atoms with van der Waals surface area (Å²) in [6, 6.07) is 7.48. The van der Waals surface area contributed by atoms with Crippen LogP contribution in [0, 0.1) is 5.41 Å². The van der Waals surface area contributed by atoms with E-state index in [1.807, 2.05) is 31.2 Å². The first-order valence-electron chi connectivity index (χ1n) is 5.21. The van der Waals surface area contributed by atoms with Crippen molar-refractivity contribution in [2.24, 2.45) is 16.0 Å². The number of nitrogens with zero attached hydrogens (tertiary/aromatic N) is 3. The van der Waals surface area contributed by atoms with Crippen LogP contribution in [0.3, 0.4) is 0 Å². The van der Waals surface area contributed by atoms with Gasteiger partial charge < -0.3 is 15.4 Å². The highest BCUT2D eigenvalue weighted by Crippen LogP contribution is 2.38. The fourth-order valence-electron chi connectivity index (χ4n) is 1.79. The van der Waals surface area contributed by atoms with Gasteiger partial charge in [-0.1, -0.05) is 18.2 Å². The molecule has 0 aliphatic heterocycles. The molecule has 0 saturated carbocycles. The van der Waals surface area contributed by atoms with Crippen LogP contribution in [-0.2, 0) is 6.54 Å². The third kappa shape index (κ3) is 1.84. The average Bonchev–Trinajstić information content (AvgIpc) is 2.58. The first-order valence-corrected chi connectivity index (χ1v) is 5.21. The minimum absolute atomic E-state index is 0.0405. The van der Waals surface area contributed by atoms with Gasteiger partial charge in [-0.2, -0.15) is 0 Å². The van der Waals surface area contributed by atoms with Gasteiger partial charge in [-0.3, -0.25) is 5.41 Å². The number of fused-ring (bicyclic) bond motifs is 1. The third-order valence-electron chi connectivity index (χ3n) is 2.49. The molecule has 0 saturated heterocycles. The molecule has 6 nitrogen and oxygen atoms in total. The van der Waals surface area contributed by atoms with E-state index in [2.05, 4.69) is 10.2 Å². The second-order valence-electron chi connectivity index (χ2n) is 3.52. The zero-order valence-corrected chi connectivity index (χ0v) is 9.38. The summed E-state index contributed by atoms with van der Waals surface area (Å²) in [7, 11) is 0. The molecule has 0 fully saturated rings. The molecular weight excluding hydrogens is 218 g/mol. The van der Waals surface area contributed by atoms with E-state index in [1.54, 1.807) is 4.57 Å². The number of nitrogens with one attached hydrogen (secondary N) is 1. The monoisotopic (exact) mass is 231 g/mol. The summed E-state index contributed by atoms with van der Waals surface area (Å²) in [4.78, 5) is 0. The minimum Gasteiger partial charge on any atom is -0.493 e. The smallest absolute Gasteiger partial charge is 0.232 e. The van der Waals surface area contributed by atoms with Crippen molar-refractivity contribution in [1.29, 1.82) is 5.41 Å². The second-order valence-corrected chi connectivity index (χ2v) is 3.52. The van der Waals surface area contributed by atoms with Crippen molar-refractivity contribution in [2.75, 3.05) is 0 Å². The minimum atomic E-state index is -0.391. The number of hydrogen-bond donors (Lipinski definition) is 3. The Kier molecular flexibility index (Phi) is 2.78. The summed E-state index contributed by atoms with van der Waals surface area (Å²) >= 11 is 0. The first-order chi connectivity index (χ1) is 8.15. The summed E-state index contributed by atoms with van der Waals surface area (Å²) in [5, 5.41) is 25.1. The molecule has 0 aliphatic carbocycles. The number of benzene rings is 1. The lowest BCUT2D eigenvalue weighted by Crippen LogP contribution is -2.03. The van der Waals surface area contributed by atoms with Gasteiger partial charge in [-0.15, -0.1) is 10.2 Å². The molecule has 0 bridgehead atoms. The fraction of sp³-hybridized carbons (Fsp3) is 0.182. The lowest BCUT2D eigenvalue weighted by atomic mass is 10.2. The molecule has 88 valence electrons. The summed E-state index contributed by atoms with van der Waals surface area (Å²) in [5.74, 6) is -0.351. The summed E-state index contributed by atoms with van der Waals surface area (Å²) in [6.45, 7) is 2.56. The number of nitrogens with two attached hydrogens (primary N) is 1. The van der Waals surface area contributed by atoms with Crippen LogP contribution in [-0.4, -0.2) is 15.6 Å². The molecular formula is C11H13N5O. The predicted molar refractivity (Wildman–Crippen MR) is 65.7 cm³/mol. The van der Waals surface area contributed by atoms with Crippen molar-refractivity contribution in [3.63, 3.8) is 0 Å². The van der Waals surface area contributed by atoms with Crippen LogP contribution in [0.2, 0.25) is 0 Å². The zero-order chi connectivity index (χ0) is 12.4. The maximum atomic E-state index is 10.0. The van der Waals surface area contributed by atoms with Crippen molar-refractivity contribution < 1.29 is 5.11 Å². The van der Waals surface area contributed by atoms with E-state index >= 15 is 0 Å². The molecule has 2 aromatic rings. The first kappa shape index (κ1) is 11.1. The molecule has 0 unspecified atom stereocenters. The van der Waals surface area contributed by atoms with Gasteiger partial charge in [0.1, 0.15) is 0 Å². The number of azo groups is 1. The predicted octanol–water partition coefficient (Wildman–Crippen LogP) is 2.34. The van der Waals surface area contributed by atoms with Gasteiger partial charge >= 0.3 is 0 Å². The van der Waals surface area contributed by atoms with E-state index in [9.17, 15) is 5.11 Å². The van der Waals surface area contributed by atoms with Crippen LogP contribution >= 0.6 is 0 Å². The summed E-state index contributed by atoms with van der Waals surface area (Å²) < 4.78 is 1.73. The summed E-state index contributed by atoms with van der Waals surface area (Å²) in [6.07, 6.45) is 0. The molecule has 1 aromatic heterocycles. The van der Waals surface area contributed by atoms with Crippen molar-refractivity contribution in [3.8, 4) is 5.88 Å². The SMILES string of the molecule is CCn1c(O)c(N=NC(=N)N)c2ccccc21. The lowest BCUT2D eigenvalue weighted by Gasteiger charge is -2.00. The fourth-order valence-corrected chi connectivity index (χ4v) is 1.79. The van der Waals surface area contributed by atoms with Gasteiger partial charge in [0.25, 0.3) is 0 Å². The highest BCUT2D eigenvalue weighted by Gasteiger charge is 2.14. The van der Waals surface area contributed by atoms with E-state index in [4.69, 9.17) is 11.1 Å². The second kappa shape index (κ2) is 4.25. The number of para-hydroxylation sites is 1. The number of aromatic hydroxyl groups is 1. The van der Waals surface area contributed by atoms with Gasteiger partial charge in [0, 0.05) is 11.9 Å². The quantitative estimate of drug-likeness (QED) is 0.420. The molecule has 2 rings (SSSR count). The number of aryl methyl sites for hydroxylation is 1. The molecule has 0 radical (unpaired) electrons. The van der Waals surface area contributed by atoms with E-state index in [0.717, 1.165) is 10.9 Å². The summed E-state index contributed by atoms with van der Waals surface area (Å²) in [5.41, 5.74) is 6.33. The van der Waals surface area contributed by atoms with Crippen molar-refractivity contribution in [2.45, 2.75) is 13.5 Å². The van der Waals surface area contributed by atoms with Crippen LogP contribution in [0.25, 0.3) is 10.9 Å². The molecule has 1 aromatic carbocycles. The molecule has 0 spiro atoms.